The second kappa shape index (κ2) is 37.0. The van der Waals surface area contributed by atoms with Gasteiger partial charge in [-0.2, -0.15) is 0 Å². The number of rotatable bonds is 38. The molecule has 3 amide bonds. The number of carbonyl (C=O) groups is 4. The number of esters is 1. The quantitative estimate of drug-likeness (QED) is 0.0221. The van der Waals surface area contributed by atoms with Crippen LogP contribution < -0.4 is 15.4 Å². The Kier molecular flexibility index (Phi) is 34.0. The van der Waals surface area contributed by atoms with Gasteiger partial charge in [0, 0.05) is 26.8 Å². The monoisotopic (exact) mass is 1380 g/mol. The second-order valence-corrected chi connectivity index (χ2v) is 41.3. The van der Waals surface area contributed by atoms with Crippen molar-refractivity contribution in [2.45, 2.75) is 215 Å². The molecule has 0 saturated carbocycles. The third-order valence-corrected chi connectivity index (χ3v) is 36.4. The van der Waals surface area contributed by atoms with E-state index >= 15 is 14.4 Å². The first kappa shape index (κ1) is 72.6. The van der Waals surface area contributed by atoms with Crippen LogP contribution in [0.4, 0.5) is 0 Å². The van der Waals surface area contributed by atoms with Crippen molar-refractivity contribution in [3.8, 4) is 5.75 Å². The minimum absolute atomic E-state index is 0.103. The van der Waals surface area contributed by atoms with Crippen molar-refractivity contribution in [1.29, 1.82) is 0 Å². The number of carbonyl (C=O) groups excluding carboxylic acids is 4. The molecule has 446 valence electrons. The van der Waals surface area contributed by atoms with Crippen molar-refractivity contribution in [3.05, 3.63) is 95.1 Å². The summed E-state index contributed by atoms with van der Waals surface area (Å²) < 4.78 is 38.9. The molecule has 2 rings (SSSR count). The van der Waals surface area contributed by atoms with Crippen LogP contribution in [0.3, 0.4) is 0 Å². The van der Waals surface area contributed by atoms with E-state index in [4.69, 9.17) is 46.6 Å². The van der Waals surface area contributed by atoms with Crippen LogP contribution in [0.15, 0.2) is 73.9 Å². The molecule has 0 spiro atoms. The second-order valence-electron chi connectivity index (χ2n) is 22.2. The van der Waals surface area contributed by atoms with E-state index in [1.165, 1.54) is 44.6 Å². The van der Waals surface area contributed by atoms with Crippen LogP contribution in [-0.4, -0.2) is 113 Å². The summed E-state index contributed by atoms with van der Waals surface area (Å²) in [6.45, 7) is 26.4. The van der Waals surface area contributed by atoms with Crippen LogP contribution in [-0.2, 0) is 44.2 Å². The molecule has 79 heavy (non-hydrogen) atoms. The number of hydrogen-bond donors (Lipinski definition) is 2. The van der Waals surface area contributed by atoms with E-state index in [9.17, 15) is 4.79 Å². The standard InChI is InChI=1S/C50H73Cl2IN3O9Si.3C4H9.Sn/c1-15-32(6)42(56(12)48(59)34(8)25-26-41(62-14)35(9)30-53)47(58)54-40(29-36-27-38(51)44(39(52)28-36)63-31-61-13)46(57)55-45(50(10,11)65-66(17-3,18-4)19-5)49(60)64-43(33(7)16-2)37-23-21-20-22-24-37;3*1-3-4-2;/h2,16,20-25,27-28,30,32-33,40-43,45H,15,17-19,26,29,31H2,1,3-14H3,(H,54,58)(H,55,57);3*1,3-4H2,2H3;/b16-2?,34-25+,35-30+;;;;/t32-,33+,40+,41+,42-,43-,45+;;;;/m0..../s1. The van der Waals surface area contributed by atoms with Crippen LogP contribution in [0, 0.1) is 11.8 Å². The Hall–Kier alpha value is -2.45. The van der Waals surface area contributed by atoms with E-state index in [1.807, 2.05) is 75.1 Å². The number of halogens is 3. The number of unbranched alkanes of at least 4 members (excludes halogenated alkanes) is 3. The summed E-state index contributed by atoms with van der Waals surface area (Å²) >= 11 is 12.9. The van der Waals surface area contributed by atoms with Gasteiger partial charge in [0.25, 0.3) is 0 Å². The van der Waals surface area contributed by atoms with Crippen LogP contribution >= 0.6 is 45.8 Å². The molecule has 0 aromatic heterocycles. The fraction of sp³-hybridized carbons (Fsp3) is 0.645. The zero-order valence-corrected chi connectivity index (χ0v) is 58.5. The van der Waals surface area contributed by atoms with Crippen LogP contribution in [0.1, 0.15) is 159 Å². The third kappa shape index (κ3) is 22.6. The first-order valence-corrected chi connectivity index (χ1v) is 41.3. The van der Waals surface area contributed by atoms with Crippen molar-refractivity contribution in [2.24, 2.45) is 11.8 Å². The molecule has 0 bridgehead atoms. The summed E-state index contributed by atoms with van der Waals surface area (Å²) in [4.78, 5) is 61.7. The Balaban J connectivity index is 2.91. The predicted octanol–water partition coefficient (Wildman–Crippen LogP) is 15.7. The number of amides is 3. The van der Waals surface area contributed by atoms with E-state index in [2.05, 4.69) is 91.9 Å². The van der Waals surface area contributed by atoms with Crippen LogP contribution in [0.5, 0.6) is 5.75 Å². The molecule has 7 atom stereocenters. The van der Waals surface area contributed by atoms with E-state index in [0.29, 0.717) is 24.0 Å². The SMILES string of the molecule is CCC[CH2][Sn](/[CH]=C/[C@@H](C)[C@H](OC(=O)[C@@H](NC(=O)[C@@H](Cc1cc(Cl)c(OCOC)c(Cl)c1)NC(=O)[C@H]([C@@H](C)CC)N(C)C(=O)/C(C)=C/C[C@@H](OC)/C(C)=C/I)C(C)(C)O[Si](CC)(CC)CC)c1ccccc1)([CH2]CCC)[CH2]CCC. The van der Waals surface area contributed by atoms with Gasteiger partial charge in [-0.1, -0.05) is 72.1 Å². The maximum atomic E-state index is 15.5. The van der Waals surface area contributed by atoms with Crippen molar-refractivity contribution >= 4 is 96.2 Å². The Morgan fingerprint density at radius 3 is 1.87 bits per heavy atom. The number of benzene rings is 2. The van der Waals surface area contributed by atoms with E-state index < -0.39 is 74.3 Å². The minimum atomic E-state index is -2.79. The molecule has 12 nitrogen and oxygen atoms in total. The van der Waals surface area contributed by atoms with Gasteiger partial charge in [0.05, 0.1) is 16.1 Å². The number of likely N-dealkylation sites (N-methyl/N-ethyl adjacent to an activating group) is 1. The van der Waals surface area contributed by atoms with E-state index in [0.717, 1.165) is 48.5 Å². The molecule has 2 aromatic rings. The van der Waals surface area contributed by atoms with Gasteiger partial charge in [-0.3, -0.25) is 9.59 Å². The molecular weight excluding hydrogens is 1280 g/mol. The molecule has 0 heterocycles. The molecule has 0 aliphatic heterocycles. The zero-order valence-electron chi connectivity index (χ0n) is 51.0. The molecule has 0 unspecified atom stereocenters. The molecule has 0 fully saturated rings. The number of nitrogens with zero attached hydrogens (tertiary/aromatic N) is 1. The predicted molar refractivity (Wildman–Crippen MR) is 340 cm³/mol. The molecule has 2 aromatic carbocycles. The van der Waals surface area contributed by atoms with Crippen molar-refractivity contribution in [3.63, 3.8) is 0 Å². The summed E-state index contributed by atoms with van der Waals surface area (Å²) in [6, 6.07) is 11.8. The topological polar surface area (TPSA) is 142 Å². The number of nitrogens with one attached hydrogen (secondary N) is 2. The summed E-state index contributed by atoms with van der Waals surface area (Å²) in [6.07, 6.45) is 11.3. The Morgan fingerprint density at radius 2 is 1.39 bits per heavy atom. The number of methoxy groups -OCH3 is 2. The summed E-state index contributed by atoms with van der Waals surface area (Å²) in [5.41, 5.74) is 1.53. The van der Waals surface area contributed by atoms with Crippen molar-refractivity contribution < 1.29 is 42.6 Å². The van der Waals surface area contributed by atoms with Gasteiger partial charge in [-0.25, -0.2) is 0 Å². The first-order valence-electron chi connectivity index (χ1n) is 29.1. The van der Waals surface area contributed by atoms with Crippen molar-refractivity contribution in [1.82, 2.24) is 15.5 Å². The fourth-order valence-corrected chi connectivity index (χ4v) is 29.2. The normalized spacial score (nSPS) is 15.4. The van der Waals surface area contributed by atoms with Gasteiger partial charge in [-0.15, -0.1) is 0 Å². The van der Waals surface area contributed by atoms with E-state index in [1.54, 1.807) is 33.2 Å². The van der Waals surface area contributed by atoms with Gasteiger partial charge >= 0.3 is 294 Å². The first-order chi connectivity index (χ1) is 37.5. The summed E-state index contributed by atoms with van der Waals surface area (Å²) in [5, 5.41) is 6.50. The molecule has 0 saturated heterocycles. The molecule has 2 N–H and O–H groups in total. The van der Waals surface area contributed by atoms with Gasteiger partial charge < -0.3 is 19.1 Å². The number of ether oxygens (including phenoxy) is 4. The average molecular weight is 1380 g/mol. The van der Waals surface area contributed by atoms with Crippen LogP contribution in [0.25, 0.3) is 0 Å². The summed E-state index contributed by atoms with van der Waals surface area (Å²) in [7, 11) is 2.25. The Morgan fingerprint density at radius 1 is 0.835 bits per heavy atom. The summed E-state index contributed by atoms with van der Waals surface area (Å²) in [5.74, 6) is -2.56. The fourth-order valence-electron chi connectivity index (χ4n) is 10.4. The van der Waals surface area contributed by atoms with E-state index in [-0.39, 0.29) is 52.9 Å². The van der Waals surface area contributed by atoms with Gasteiger partial charge in [-0.05, 0) is 48.0 Å². The van der Waals surface area contributed by atoms with Gasteiger partial charge in [0.15, 0.2) is 12.5 Å². The van der Waals surface area contributed by atoms with Gasteiger partial charge in [0.2, 0.25) is 5.91 Å². The van der Waals surface area contributed by atoms with Gasteiger partial charge in [0.1, 0.15) is 6.04 Å². The third-order valence-electron chi connectivity index (χ3n) is 15.9. The zero-order chi connectivity index (χ0) is 59.5. The Labute approximate surface area is 506 Å². The number of hydrogen-bond acceptors (Lipinski definition) is 9. The average Bonchev–Trinajstić information content (AvgIpc) is 3.45. The van der Waals surface area contributed by atoms with Crippen LogP contribution in [0.2, 0.25) is 41.5 Å². The molecule has 0 aliphatic carbocycles. The Bertz CT molecular complexity index is 2230. The molecular formula is C62H100Cl2IN3O9SiSn. The molecule has 17 heteroatoms. The van der Waals surface area contributed by atoms with Crippen molar-refractivity contribution in [2.75, 3.05) is 28.1 Å². The maximum absolute atomic E-state index is 15.5. The molecule has 0 aliphatic rings. The molecule has 0 radical (unpaired) electrons.